The number of nitrogens with one attached hydrogen (secondary N) is 1. The zero-order chi connectivity index (χ0) is 21.2. The molecule has 0 saturated carbocycles. The van der Waals surface area contributed by atoms with Gasteiger partial charge in [-0.1, -0.05) is 18.2 Å². The summed E-state index contributed by atoms with van der Waals surface area (Å²) in [4.78, 5) is 14.1. The maximum absolute atomic E-state index is 12.8. The van der Waals surface area contributed by atoms with Crippen molar-refractivity contribution in [3.63, 3.8) is 0 Å². The van der Waals surface area contributed by atoms with Crippen molar-refractivity contribution in [2.45, 2.75) is 17.4 Å². The standard InChI is InChI=1S/C19H22N2O6S2/c1-21(15-10-11-28(23,24)13-15)19(22)14-6-5-7-16(12-14)29(25,26)20-17-8-3-4-9-18(17)27-2/h3-9,12,15,20H,10-11,13H2,1-2H3. The number of sulfonamides is 1. The van der Waals surface area contributed by atoms with Crippen molar-refractivity contribution < 1.29 is 26.4 Å². The lowest BCUT2D eigenvalue weighted by molar-refractivity contribution is 0.0747. The summed E-state index contributed by atoms with van der Waals surface area (Å²) in [5.74, 6) is -0.0957. The third kappa shape index (κ3) is 4.70. The second-order valence-corrected chi connectivity index (χ2v) is 10.7. The van der Waals surface area contributed by atoms with Crippen LogP contribution < -0.4 is 9.46 Å². The molecule has 0 spiro atoms. The van der Waals surface area contributed by atoms with E-state index in [-0.39, 0.29) is 27.7 Å². The Morgan fingerprint density at radius 1 is 1.17 bits per heavy atom. The first kappa shape index (κ1) is 21.1. The normalized spacial score (nSPS) is 18.2. The predicted octanol–water partition coefficient (Wildman–Crippen LogP) is 1.76. The number of hydrogen-bond donors (Lipinski definition) is 1. The number of carbonyl (C=O) groups excluding carboxylic acids is 1. The molecule has 1 fully saturated rings. The summed E-state index contributed by atoms with van der Waals surface area (Å²) >= 11 is 0. The second kappa shape index (κ2) is 8.03. The zero-order valence-corrected chi connectivity index (χ0v) is 17.7. The van der Waals surface area contributed by atoms with E-state index in [0.717, 1.165) is 0 Å². The van der Waals surface area contributed by atoms with Crippen molar-refractivity contribution in [1.29, 1.82) is 0 Å². The van der Waals surface area contributed by atoms with Gasteiger partial charge in [0.1, 0.15) is 5.75 Å². The van der Waals surface area contributed by atoms with E-state index in [0.29, 0.717) is 12.2 Å². The van der Waals surface area contributed by atoms with E-state index in [1.165, 1.54) is 43.3 Å². The van der Waals surface area contributed by atoms with Crippen molar-refractivity contribution in [2.75, 3.05) is 30.4 Å². The van der Waals surface area contributed by atoms with Crippen LogP contribution >= 0.6 is 0 Å². The highest BCUT2D eigenvalue weighted by molar-refractivity contribution is 7.92. The third-order valence-corrected chi connectivity index (χ3v) is 7.93. The number of rotatable bonds is 6. The van der Waals surface area contributed by atoms with Crippen LogP contribution in [0.25, 0.3) is 0 Å². The molecule has 10 heteroatoms. The maximum atomic E-state index is 12.8. The molecule has 2 aromatic carbocycles. The minimum Gasteiger partial charge on any atom is -0.495 e. The van der Waals surface area contributed by atoms with Crippen LogP contribution in [0.5, 0.6) is 5.75 Å². The Morgan fingerprint density at radius 3 is 2.55 bits per heavy atom. The molecular weight excluding hydrogens is 416 g/mol. The number of nitrogens with zero attached hydrogens (tertiary/aromatic N) is 1. The Labute approximate surface area is 170 Å². The van der Waals surface area contributed by atoms with Crippen LogP contribution in [0.2, 0.25) is 0 Å². The van der Waals surface area contributed by atoms with E-state index in [1.54, 1.807) is 24.3 Å². The van der Waals surface area contributed by atoms with Gasteiger partial charge in [0.15, 0.2) is 9.84 Å². The predicted molar refractivity (Wildman–Crippen MR) is 109 cm³/mol. The molecule has 156 valence electrons. The molecule has 3 rings (SSSR count). The Balaban J connectivity index is 1.84. The van der Waals surface area contributed by atoms with Gasteiger partial charge in [0.05, 0.1) is 29.2 Å². The van der Waals surface area contributed by atoms with Gasteiger partial charge in [-0.2, -0.15) is 0 Å². The van der Waals surface area contributed by atoms with E-state index in [1.807, 2.05) is 0 Å². The summed E-state index contributed by atoms with van der Waals surface area (Å²) in [7, 11) is -4.14. The van der Waals surface area contributed by atoms with Gasteiger partial charge in [0.25, 0.3) is 15.9 Å². The monoisotopic (exact) mass is 438 g/mol. The molecule has 2 aromatic rings. The summed E-state index contributed by atoms with van der Waals surface area (Å²) in [5.41, 5.74) is 0.444. The summed E-state index contributed by atoms with van der Waals surface area (Å²) in [5, 5.41) is 0. The van der Waals surface area contributed by atoms with Crippen molar-refractivity contribution in [1.82, 2.24) is 4.90 Å². The van der Waals surface area contributed by atoms with E-state index in [2.05, 4.69) is 4.72 Å². The number of hydrogen-bond acceptors (Lipinski definition) is 6. The number of carbonyl (C=O) groups is 1. The minimum absolute atomic E-state index is 0.0481. The summed E-state index contributed by atoms with van der Waals surface area (Å²) < 4.78 is 56.5. The van der Waals surface area contributed by atoms with E-state index in [4.69, 9.17) is 4.74 Å². The summed E-state index contributed by atoms with van der Waals surface area (Å²) in [6.07, 6.45) is 0.373. The van der Waals surface area contributed by atoms with Gasteiger partial charge in [-0.05, 0) is 36.8 Å². The molecule has 0 radical (unpaired) electrons. The van der Waals surface area contributed by atoms with Gasteiger partial charge >= 0.3 is 0 Å². The molecule has 8 nitrogen and oxygen atoms in total. The van der Waals surface area contributed by atoms with Crippen LogP contribution in [-0.4, -0.2) is 59.3 Å². The van der Waals surface area contributed by atoms with E-state index in [9.17, 15) is 21.6 Å². The van der Waals surface area contributed by atoms with Crippen LogP contribution in [0.4, 0.5) is 5.69 Å². The molecule has 1 aliphatic heterocycles. The van der Waals surface area contributed by atoms with Crippen LogP contribution in [0.1, 0.15) is 16.8 Å². The zero-order valence-electron chi connectivity index (χ0n) is 16.0. The number of para-hydroxylation sites is 2. The molecule has 29 heavy (non-hydrogen) atoms. The minimum atomic E-state index is -3.96. The Bertz CT molecular complexity index is 1130. The lowest BCUT2D eigenvalue weighted by atomic mass is 10.1. The fourth-order valence-electron chi connectivity index (χ4n) is 3.18. The first-order valence-electron chi connectivity index (χ1n) is 8.86. The number of sulfone groups is 1. The average Bonchev–Trinajstić information content (AvgIpc) is 3.07. The third-order valence-electron chi connectivity index (χ3n) is 4.82. The van der Waals surface area contributed by atoms with Crippen molar-refractivity contribution in [3.05, 3.63) is 54.1 Å². The molecule has 1 heterocycles. The Hall–Kier alpha value is -2.59. The fourth-order valence-corrected chi connectivity index (χ4v) is 6.07. The highest BCUT2D eigenvalue weighted by atomic mass is 32.2. The van der Waals surface area contributed by atoms with Crippen LogP contribution in [-0.2, 0) is 19.9 Å². The van der Waals surface area contributed by atoms with Crippen LogP contribution in [0.15, 0.2) is 53.4 Å². The number of amides is 1. The highest BCUT2D eigenvalue weighted by Gasteiger charge is 2.33. The quantitative estimate of drug-likeness (QED) is 0.736. The molecule has 1 unspecified atom stereocenters. The first-order chi connectivity index (χ1) is 13.6. The molecule has 1 amide bonds. The van der Waals surface area contributed by atoms with Crippen molar-refractivity contribution in [2.24, 2.45) is 0 Å². The molecule has 1 aliphatic rings. The molecule has 1 N–H and O–H groups in total. The van der Waals surface area contributed by atoms with Crippen molar-refractivity contribution in [3.8, 4) is 5.75 Å². The number of benzene rings is 2. The van der Waals surface area contributed by atoms with Gasteiger partial charge in [0, 0.05) is 18.7 Å². The van der Waals surface area contributed by atoms with Crippen LogP contribution in [0.3, 0.4) is 0 Å². The average molecular weight is 439 g/mol. The molecule has 0 aromatic heterocycles. The van der Waals surface area contributed by atoms with E-state index < -0.39 is 31.8 Å². The van der Waals surface area contributed by atoms with Crippen molar-refractivity contribution >= 4 is 31.5 Å². The van der Waals surface area contributed by atoms with E-state index >= 15 is 0 Å². The molecular formula is C19H22N2O6S2. The molecule has 1 saturated heterocycles. The summed E-state index contributed by atoms with van der Waals surface area (Å²) in [6, 6.07) is 11.8. The second-order valence-electron chi connectivity index (χ2n) is 6.81. The highest BCUT2D eigenvalue weighted by Crippen LogP contribution is 2.26. The summed E-state index contributed by atoms with van der Waals surface area (Å²) in [6.45, 7) is 0. The van der Waals surface area contributed by atoms with Crippen LogP contribution in [0, 0.1) is 0 Å². The number of ether oxygens (including phenoxy) is 1. The van der Waals surface area contributed by atoms with Gasteiger partial charge in [-0.3, -0.25) is 9.52 Å². The molecule has 0 aliphatic carbocycles. The molecule has 0 bridgehead atoms. The Kier molecular flexibility index (Phi) is 5.85. The molecule has 1 atom stereocenters. The van der Waals surface area contributed by atoms with Gasteiger partial charge in [-0.15, -0.1) is 0 Å². The largest absolute Gasteiger partial charge is 0.495 e. The lowest BCUT2D eigenvalue weighted by Crippen LogP contribution is -2.37. The Morgan fingerprint density at radius 2 is 1.90 bits per heavy atom. The number of methoxy groups -OCH3 is 1. The first-order valence-corrected chi connectivity index (χ1v) is 12.2. The topological polar surface area (TPSA) is 110 Å². The smallest absolute Gasteiger partial charge is 0.262 e. The van der Waals surface area contributed by atoms with Gasteiger partial charge in [-0.25, -0.2) is 16.8 Å². The van der Waals surface area contributed by atoms with Gasteiger partial charge < -0.3 is 9.64 Å². The maximum Gasteiger partial charge on any atom is 0.262 e. The fraction of sp³-hybridized carbons (Fsp3) is 0.316. The SMILES string of the molecule is COc1ccccc1NS(=O)(=O)c1cccc(C(=O)N(C)C2CCS(=O)(=O)C2)c1. The lowest BCUT2D eigenvalue weighted by Gasteiger charge is -2.23. The van der Waals surface area contributed by atoms with Gasteiger partial charge in [0.2, 0.25) is 0 Å². The number of anilines is 1.